The van der Waals surface area contributed by atoms with Crippen LogP contribution in [0.15, 0.2) is 207 Å². The number of fused-ring (bicyclic) bond motifs is 3. The van der Waals surface area contributed by atoms with Crippen molar-refractivity contribution in [2.45, 2.75) is 5.41 Å². The lowest BCUT2D eigenvalue weighted by molar-refractivity contribution is 0.768. The summed E-state index contributed by atoms with van der Waals surface area (Å²) in [7, 11) is 0. The van der Waals surface area contributed by atoms with Gasteiger partial charge in [0.1, 0.15) is 0 Å². The van der Waals surface area contributed by atoms with Gasteiger partial charge in [-0.3, -0.25) is 9.97 Å². The predicted molar refractivity (Wildman–Crippen MR) is 222 cm³/mol. The number of aromatic nitrogens is 4. The average Bonchev–Trinajstić information content (AvgIpc) is 3.58. The highest BCUT2D eigenvalue weighted by molar-refractivity contribution is 5.89. The number of hydrogen-bond acceptors (Lipinski definition) is 4. The van der Waals surface area contributed by atoms with E-state index in [9.17, 15) is 0 Å². The van der Waals surface area contributed by atoms with Crippen molar-refractivity contribution < 1.29 is 0 Å². The van der Waals surface area contributed by atoms with Gasteiger partial charge in [-0.05, 0) is 87.0 Å². The fourth-order valence-corrected chi connectivity index (χ4v) is 8.16. The van der Waals surface area contributed by atoms with E-state index in [1.165, 1.54) is 33.4 Å². The summed E-state index contributed by atoms with van der Waals surface area (Å²) in [4.78, 5) is 19.4. The van der Waals surface area contributed by atoms with Gasteiger partial charge in [-0.25, -0.2) is 9.97 Å². The molecule has 3 aromatic heterocycles. The summed E-state index contributed by atoms with van der Waals surface area (Å²) in [6.45, 7) is 0. The molecule has 0 aliphatic heterocycles. The number of rotatable bonds is 7. The SMILES string of the molecule is c1ccc(-c2nc(-c3ccc(-c4ccccn4)nc3)cc(-c3cccc(-c4ccc5c(c4)-c4ccccc4C5(c4ccccc4)c4ccccc4)c3)n2)cc1. The Balaban J connectivity index is 1.09. The number of pyridine rings is 2. The fourth-order valence-electron chi connectivity index (χ4n) is 8.16. The summed E-state index contributed by atoms with van der Waals surface area (Å²) >= 11 is 0. The molecule has 0 fully saturated rings. The lowest BCUT2D eigenvalue weighted by Gasteiger charge is -2.33. The zero-order valence-corrected chi connectivity index (χ0v) is 29.9. The summed E-state index contributed by atoms with van der Waals surface area (Å²) in [5.41, 5.74) is 15.7. The molecule has 0 atom stereocenters. The molecule has 0 N–H and O–H groups in total. The van der Waals surface area contributed by atoms with Crippen LogP contribution in [0.2, 0.25) is 0 Å². The summed E-state index contributed by atoms with van der Waals surface area (Å²) in [6, 6.07) is 68.5. The topological polar surface area (TPSA) is 51.6 Å². The smallest absolute Gasteiger partial charge is 0.160 e. The van der Waals surface area contributed by atoms with Crippen LogP contribution >= 0.6 is 0 Å². The van der Waals surface area contributed by atoms with E-state index in [2.05, 4.69) is 157 Å². The molecule has 4 nitrogen and oxygen atoms in total. The van der Waals surface area contributed by atoms with Crippen LogP contribution in [0.3, 0.4) is 0 Å². The largest absolute Gasteiger partial charge is 0.255 e. The molecule has 0 saturated heterocycles. The van der Waals surface area contributed by atoms with E-state index in [0.717, 1.165) is 50.6 Å². The van der Waals surface area contributed by atoms with Crippen molar-refractivity contribution >= 4 is 0 Å². The molecule has 258 valence electrons. The maximum atomic E-state index is 5.13. The molecule has 9 aromatic rings. The summed E-state index contributed by atoms with van der Waals surface area (Å²) in [6.07, 6.45) is 3.65. The van der Waals surface area contributed by atoms with Crippen molar-refractivity contribution in [1.82, 2.24) is 19.9 Å². The van der Waals surface area contributed by atoms with Gasteiger partial charge in [0, 0.05) is 29.1 Å². The van der Waals surface area contributed by atoms with Gasteiger partial charge >= 0.3 is 0 Å². The molecule has 3 heterocycles. The summed E-state index contributed by atoms with van der Waals surface area (Å²) in [5.74, 6) is 0.666. The molecule has 4 heteroatoms. The van der Waals surface area contributed by atoms with Gasteiger partial charge in [0.25, 0.3) is 0 Å². The summed E-state index contributed by atoms with van der Waals surface area (Å²) in [5, 5.41) is 0. The van der Waals surface area contributed by atoms with Crippen molar-refractivity contribution in [2.24, 2.45) is 0 Å². The molecule has 0 bridgehead atoms. The lowest BCUT2D eigenvalue weighted by Crippen LogP contribution is -2.28. The van der Waals surface area contributed by atoms with E-state index >= 15 is 0 Å². The zero-order valence-electron chi connectivity index (χ0n) is 29.9. The van der Waals surface area contributed by atoms with Crippen LogP contribution in [0, 0.1) is 0 Å². The molecule has 0 spiro atoms. The first-order valence-electron chi connectivity index (χ1n) is 18.5. The first-order valence-corrected chi connectivity index (χ1v) is 18.5. The highest BCUT2D eigenvalue weighted by Crippen LogP contribution is 2.56. The van der Waals surface area contributed by atoms with Gasteiger partial charge in [0.05, 0.1) is 28.2 Å². The van der Waals surface area contributed by atoms with Crippen LogP contribution < -0.4 is 0 Å². The van der Waals surface area contributed by atoms with E-state index < -0.39 is 5.41 Å². The van der Waals surface area contributed by atoms with E-state index in [4.69, 9.17) is 15.0 Å². The van der Waals surface area contributed by atoms with E-state index in [1.54, 1.807) is 6.20 Å². The molecule has 55 heavy (non-hydrogen) atoms. The molecule has 0 amide bonds. The van der Waals surface area contributed by atoms with Crippen LogP contribution in [0.5, 0.6) is 0 Å². The van der Waals surface area contributed by atoms with Crippen LogP contribution in [0.4, 0.5) is 0 Å². The first-order chi connectivity index (χ1) is 27.3. The number of nitrogens with zero attached hydrogens (tertiary/aromatic N) is 4. The van der Waals surface area contributed by atoms with Crippen LogP contribution in [-0.4, -0.2) is 19.9 Å². The molecule has 1 aliphatic rings. The van der Waals surface area contributed by atoms with Crippen molar-refractivity contribution in [2.75, 3.05) is 0 Å². The third kappa shape index (κ3) is 5.63. The van der Waals surface area contributed by atoms with Crippen molar-refractivity contribution in [3.8, 4) is 67.5 Å². The molecule has 6 aromatic carbocycles. The van der Waals surface area contributed by atoms with E-state index in [0.29, 0.717) is 5.82 Å². The zero-order chi connectivity index (χ0) is 36.6. The van der Waals surface area contributed by atoms with Crippen molar-refractivity contribution in [3.63, 3.8) is 0 Å². The second-order valence-corrected chi connectivity index (χ2v) is 13.8. The predicted octanol–water partition coefficient (Wildman–Crippen LogP) is 12.0. The van der Waals surface area contributed by atoms with Crippen LogP contribution in [0.25, 0.3) is 67.5 Å². The van der Waals surface area contributed by atoms with Gasteiger partial charge in [0.15, 0.2) is 5.82 Å². The normalized spacial score (nSPS) is 12.5. The number of hydrogen-bond donors (Lipinski definition) is 0. The highest BCUT2D eigenvalue weighted by atomic mass is 14.9. The molecule has 0 unspecified atom stereocenters. The van der Waals surface area contributed by atoms with Crippen LogP contribution in [0.1, 0.15) is 22.3 Å². The Kier molecular flexibility index (Phi) is 8.00. The highest BCUT2D eigenvalue weighted by Gasteiger charge is 2.45. The average molecular weight is 703 g/mol. The summed E-state index contributed by atoms with van der Waals surface area (Å²) < 4.78 is 0. The number of benzene rings is 6. The minimum atomic E-state index is -0.426. The Bertz CT molecular complexity index is 2740. The Morgan fingerprint density at radius 1 is 0.327 bits per heavy atom. The Hall–Kier alpha value is -7.30. The Labute approximate surface area is 320 Å². The molecule has 0 radical (unpaired) electrons. The maximum Gasteiger partial charge on any atom is 0.160 e. The molecular weight excluding hydrogens is 669 g/mol. The van der Waals surface area contributed by atoms with E-state index in [-0.39, 0.29) is 0 Å². The van der Waals surface area contributed by atoms with Gasteiger partial charge in [0.2, 0.25) is 0 Å². The van der Waals surface area contributed by atoms with Gasteiger partial charge < -0.3 is 0 Å². The second-order valence-electron chi connectivity index (χ2n) is 13.8. The minimum absolute atomic E-state index is 0.426. The molecule has 1 aliphatic carbocycles. The Morgan fingerprint density at radius 2 is 0.909 bits per heavy atom. The Morgan fingerprint density at radius 3 is 1.62 bits per heavy atom. The minimum Gasteiger partial charge on any atom is -0.255 e. The molecular formula is C51H34N4. The van der Waals surface area contributed by atoms with Gasteiger partial charge in [-0.15, -0.1) is 0 Å². The molecule has 10 rings (SSSR count). The third-order valence-electron chi connectivity index (χ3n) is 10.7. The second kappa shape index (κ2) is 13.6. The van der Waals surface area contributed by atoms with Crippen LogP contribution in [-0.2, 0) is 5.41 Å². The quantitative estimate of drug-likeness (QED) is 0.166. The van der Waals surface area contributed by atoms with Gasteiger partial charge in [-0.1, -0.05) is 152 Å². The monoisotopic (exact) mass is 702 g/mol. The standard InChI is InChI=1S/C51H34N4/c1-4-15-35(16-5-1)50-54-48(33-49(55-50)39-27-29-47(53-34-39)46-25-12-13-30-52-46)38-18-14-17-36(31-38)37-26-28-45-43(32-37)42-23-10-11-24-44(42)51(45,40-19-6-2-7-20-40)41-21-8-3-9-22-41/h1-34H. The third-order valence-corrected chi connectivity index (χ3v) is 10.7. The molecule has 0 saturated carbocycles. The van der Waals surface area contributed by atoms with E-state index in [1.807, 2.05) is 48.7 Å². The first kappa shape index (κ1) is 32.4. The van der Waals surface area contributed by atoms with Crippen molar-refractivity contribution in [1.29, 1.82) is 0 Å². The van der Waals surface area contributed by atoms with Gasteiger partial charge in [-0.2, -0.15) is 0 Å². The lowest BCUT2D eigenvalue weighted by atomic mass is 9.67. The maximum absolute atomic E-state index is 5.13. The van der Waals surface area contributed by atoms with Crippen molar-refractivity contribution in [3.05, 3.63) is 229 Å². The fraction of sp³-hybridized carbons (Fsp3) is 0.0196.